The van der Waals surface area contributed by atoms with E-state index in [1.165, 1.54) is 0 Å². The number of nitrogens with one attached hydrogen (secondary N) is 2. The molecule has 0 aliphatic carbocycles. The average Bonchev–Trinajstić information content (AvgIpc) is 3.14. The molecule has 25 heavy (non-hydrogen) atoms. The van der Waals surface area contributed by atoms with Crippen LogP contribution in [-0.2, 0) is 9.31 Å². The fraction of sp³-hybridized carbons (Fsp3) is 0.471. The summed E-state index contributed by atoms with van der Waals surface area (Å²) in [5.74, 6) is 0.580. The van der Waals surface area contributed by atoms with Crippen molar-refractivity contribution < 1.29 is 9.31 Å². The lowest BCUT2D eigenvalue weighted by Crippen LogP contribution is -2.41. The Morgan fingerprint density at radius 1 is 1.16 bits per heavy atom. The van der Waals surface area contributed by atoms with Crippen LogP contribution in [0.5, 0.6) is 0 Å². The number of rotatable bonds is 5. The Morgan fingerprint density at radius 3 is 2.32 bits per heavy atom. The summed E-state index contributed by atoms with van der Waals surface area (Å²) >= 11 is 0. The molecule has 1 saturated heterocycles. The van der Waals surface area contributed by atoms with Crippen LogP contribution < -0.4 is 5.32 Å². The SMILES string of the molecule is CNCC(=Cc1ccc(-c2nn[nH]n2)cc1)B1OC(C)(C)C(C)(C)O1. The standard InChI is InChI=1S/C17H24BN5O2/c1-16(2)17(3,4)25-18(24-16)14(11-19-5)10-12-6-8-13(9-7-12)15-20-22-23-21-15/h6-10,19H,11H2,1-5H3,(H,20,21,22,23). The quantitative estimate of drug-likeness (QED) is 0.810. The zero-order valence-corrected chi connectivity index (χ0v) is 15.3. The largest absolute Gasteiger partial charge is 0.491 e. The highest BCUT2D eigenvalue weighted by molar-refractivity contribution is 6.55. The van der Waals surface area contributed by atoms with Gasteiger partial charge in [0.05, 0.1) is 11.2 Å². The van der Waals surface area contributed by atoms with Crippen molar-refractivity contribution in [3.05, 3.63) is 35.3 Å². The fourth-order valence-electron chi connectivity index (χ4n) is 2.63. The maximum atomic E-state index is 6.17. The van der Waals surface area contributed by atoms with Crippen LogP contribution >= 0.6 is 0 Å². The minimum Gasteiger partial charge on any atom is -0.400 e. The number of aromatic nitrogens is 4. The van der Waals surface area contributed by atoms with Crippen molar-refractivity contribution >= 4 is 13.2 Å². The Kier molecular flexibility index (Phi) is 4.77. The maximum absolute atomic E-state index is 6.17. The molecule has 0 atom stereocenters. The summed E-state index contributed by atoms with van der Waals surface area (Å²) in [5, 5.41) is 17.2. The molecule has 2 aromatic rings. The maximum Gasteiger partial charge on any atom is 0.491 e. The average molecular weight is 341 g/mol. The van der Waals surface area contributed by atoms with E-state index in [-0.39, 0.29) is 18.3 Å². The number of nitrogens with zero attached hydrogens (tertiary/aromatic N) is 3. The van der Waals surface area contributed by atoms with Gasteiger partial charge in [0.1, 0.15) is 0 Å². The first-order chi connectivity index (χ1) is 11.8. The summed E-state index contributed by atoms with van der Waals surface area (Å²) < 4.78 is 12.3. The van der Waals surface area contributed by atoms with Crippen LogP contribution in [0.2, 0.25) is 0 Å². The van der Waals surface area contributed by atoms with Gasteiger partial charge in [-0.15, -0.1) is 10.2 Å². The molecule has 0 unspecified atom stereocenters. The number of tetrazole rings is 1. The lowest BCUT2D eigenvalue weighted by molar-refractivity contribution is 0.00578. The van der Waals surface area contributed by atoms with Crippen LogP contribution in [-0.4, -0.2) is 52.5 Å². The summed E-state index contributed by atoms with van der Waals surface area (Å²) in [4.78, 5) is 0. The molecule has 1 aliphatic heterocycles. The molecule has 2 heterocycles. The van der Waals surface area contributed by atoms with E-state index in [2.05, 4.69) is 59.7 Å². The Balaban J connectivity index is 1.83. The first-order valence-electron chi connectivity index (χ1n) is 8.37. The van der Waals surface area contributed by atoms with Crippen molar-refractivity contribution in [2.24, 2.45) is 0 Å². The van der Waals surface area contributed by atoms with Crippen molar-refractivity contribution in [3.8, 4) is 11.4 Å². The van der Waals surface area contributed by atoms with Crippen LogP contribution in [0, 0.1) is 0 Å². The van der Waals surface area contributed by atoms with Crippen molar-refractivity contribution in [2.45, 2.75) is 38.9 Å². The molecular formula is C17H24BN5O2. The molecule has 0 amide bonds. The molecule has 7 nitrogen and oxygen atoms in total. The van der Waals surface area contributed by atoms with Gasteiger partial charge in [0.15, 0.2) is 0 Å². The van der Waals surface area contributed by atoms with Crippen molar-refractivity contribution in [1.82, 2.24) is 25.9 Å². The van der Waals surface area contributed by atoms with Gasteiger partial charge in [-0.05, 0) is 51.0 Å². The molecule has 1 fully saturated rings. The van der Waals surface area contributed by atoms with Crippen LogP contribution in [0.4, 0.5) is 0 Å². The van der Waals surface area contributed by atoms with Gasteiger partial charge in [-0.25, -0.2) is 0 Å². The third-order valence-electron chi connectivity index (χ3n) is 4.80. The van der Waals surface area contributed by atoms with Crippen molar-refractivity contribution in [1.29, 1.82) is 0 Å². The van der Waals surface area contributed by atoms with E-state index in [4.69, 9.17) is 9.31 Å². The lowest BCUT2D eigenvalue weighted by atomic mass is 9.77. The van der Waals surface area contributed by atoms with E-state index in [9.17, 15) is 0 Å². The third kappa shape index (κ3) is 3.66. The van der Waals surface area contributed by atoms with Gasteiger partial charge in [-0.1, -0.05) is 30.3 Å². The predicted octanol–water partition coefficient (Wildman–Crippen LogP) is 2.10. The van der Waals surface area contributed by atoms with Gasteiger partial charge >= 0.3 is 7.12 Å². The van der Waals surface area contributed by atoms with Gasteiger partial charge in [0.25, 0.3) is 0 Å². The number of hydrogen-bond donors (Lipinski definition) is 2. The van der Waals surface area contributed by atoms with Crippen LogP contribution in [0.1, 0.15) is 33.3 Å². The minimum atomic E-state index is -0.366. The molecule has 1 aliphatic rings. The van der Waals surface area contributed by atoms with E-state index in [1.807, 2.05) is 31.3 Å². The van der Waals surface area contributed by atoms with Crippen LogP contribution in [0.15, 0.2) is 29.7 Å². The molecule has 1 aromatic carbocycles. The number of hydrogen-bond acceptors (Lipinski definition) is 6. The highest BCUT2D eigenvalue weighted by Gasteiger charge is 2.52. The van der Waals surface area contributed by atoms with Gasteiger partial charge in [-0.3, -0.25) is 0 Å². The molecule has 1 aromatic heterocycles. The predicted molar refractivity (Wildman–Crippen MR) is 97.6 cm³/mol. The fourth-order valence-corrected chi connectivity index (χ4v) is 2.63. The van der Waals surface area contributed by atoms with Gasteiger partial charge in [0.2, 0.25) is 5.82 Å². The van der Waals surface area contributed by atoms with Gasteiger partial charge in [0, 0.05) is 12.1 Å². The van der Waals surface area contributed by atoms with E-state index in [0.717, 1.165) is 16.6 Å². The molecule has 0 saturated carbocycles. The normalized spacial score (nSPS) is 19.4. The third-order valence-corrected chi connectivity index (χ3v) is 4.80. The van der Waals surface area contributed by atoms with Crippen LogP contribution in [0.25, 0.3) is 17.5 Å². The number of benzene rings is 1. The Bertz CT molecular complexity index is 725. The molecule has 0 bridgehead atoms. The zero-order chi connectivity index (χ0) is 18.1. The molecule has 8 heteroatoms. The first-order valence-corrected chi connectivity index (χ1v) is 8.37. The number of aromatic amines is 1. The van der Waals surface area contributed by atoms with E-state index in [0.29, 0.717) is 12.4 Å². The van der Waals surface area contributed by atoms with Gasteiger partial charge < -0.3 is 14.6 Å². The summed E-state index contributed by atoms with van der Waals surface area (Å²) in [7, 11) is 1.55. The van der Waals surface area contributed by atoms with Crippen molar-refractivity contribution in [3.63, 3.8) is 0 Å². The number of likely N-dealkylation sites (N-methyl/N-ethyl adjacent to an activating group) is 1. The Hall–Kier alpha value is -2.03. The second-order valence-corrected chi connectivity index (χ2v) is 7.20. The van der Waals surface area contributed by atoms with E-state index in [1.54, 1.807) is 0 Å². The Morgan fingerprint density at radius 2 is 1.80 bits per heavy atom. The molecule has 132 valence electrons. The topological polar surface area (TPSA) is 85.0 Å². The summed E-state index contributed by atoms with van der Waals surface area (Å²) in [6.07, 6.45) is 2.10. The molecular weight excluding hydrogens is 317 g/mol. The number of H-pyrrole nitrogens is 1. The zero-order valence-electron chi connectivity index (χ0n) is 15.3. The monoisotopic (exact) mass is 341 g/mol. The molecule has 0 spiro atoms. The summed E-state index contributed by atoms with van der Waals surface area (Å²) in [5.41, 5.74) is 2.32. The molecule has 0 radical (unpaired) electrons. The smallest absolute Gasteiger partial charge is 0.400 e. The Labute approximate surface area is 148 Å². The highest BCUT2D eigenvalue weighted by Crippen LogP contribution is 2.38. The van der Waals surface area contributed by atoms with E-state index < -0.39 is 0 Å². The van der Waals surface area contributed by atoms with Gasteiger partial charge in [-0.2, -0.15) is 5.21 Å². The minimum absolute atomic E-state index is 0.354. The van der Waals surface area contributed by atoms with Crippen LogP contribution in [0.3, 0.4) is 0 Å². The second-order valence-electron chi connectivity index (χ2n) is 7.20. The molecule has 3 rings (SSSR count). The lowest BCUT2D eigenvalue weighted by Gasteiger charge is -2.32. The summed E-state index contributed by atoms with van der Waals surface area (Å²) in [6, 6.07) is 7.98. The van der Waals surface area contributed by atoms with E-state index >= 15 is 0 Å². The highest BCUT2D eigenvalue weighted by atomic mass is 16.7. The molecule has 2 N–H and O–H groups in total. The second kappa shape index (κ2) is 6.70. The van der Waals surface area contributed by atoms with Crippen molar-refractivity contribution in [2.75, 3.05) is 13.6 Å². The first kappa shape index (κ1) is 17.8. The summed E-state index contributed by atoms with van der Waals surface area (Å²) in [6.45, 7) is 8.92.